The minimum atomic E-state index is -3.72. The van der Waals surface area contributed by atoms with Crippen molar-refractivity contribution in [3.63, 3.8) is 0 Å². The Morgan fingerprint density at radius 1 is 0.968 bits per heavy atom. The minimum absolute atomic E-state index is 0.0122. The first-order chi connectivity index (χ1) is 14.7. The Balaban J connectivity index is 2.05. The summed E-state index contributed by atoms with van der Waals surface area (Å²) in [5, 5.41) is 5.88. The van der Waals surface area contributed by atoms with Crippen LogP contribution in [-0.4, -0.2) is 57.8 Å². The molecule has 0 heterocycles. The van der Waals surface area contributed by atoms with E-state index in [4.69, 9.17) is 16.3 Å². The lowest BCUT2D eigenvalue weighted by molar-refractivity contribution is 0.0926. The maximum atomic E-state index is 12.8. The van der Waals surface area contributed by atoms with Crippen LogP contribution in [0.1, 0.15) is 34.6 Å². The van der Waals surface area contributed by atoms with Crippen LogP contribution in [0.3, 0.4) is 0 Å². The summed E-state index contributed by atoms with van der Waals surface area (Å²) >= 11 is 5.80. The number of hydrogen-bond donors (Lipinski definition) is 2. The van der Waals surface area contributed by atoms with Crippen molar-refractivity contribution in [2.75, 3.05) is 33.3 Å². The lowest BCUT2D eigenvalue weighted by Crippen LogP contribution is -2.35. The third kappa shape index (κ3) is 6.19. The van der Waals surface area contributed by atoms with E-state index in [-0.39, 0.29) is 35.2 Å². The molecule has 8 nitrogen and oxygen atoms in total. The molecule has 0 aliphatic heterocycles. The molecule has 0 radical (unpaired) electrons. The summed E-state index contributed by atoms with van der Waals surface area (Å²) < 4.78 is 32.0. The van der Waals surface area contributed by atoms with E-state index in [0.29, 0.717) is 23.7 Å². The number of hydrogen-bond acceptors (Lipinski definition) is 5. The first-order valence-electron chi connectivity index (χ1n) is 9.74. The zero-order chi connectivity index (χ0) is 23.0. The highest BCUT2D eigenvalue weighted by atomic mass is 35.5. The number of methoxy groups -OCH3 is 1. The molecule has 2 amide bonds. The Bertz CT molecular complexity index is 1020. The molecule has 2 N–H and O–H groups in total. The Morgan fingerprint density at radius 2 is 1.55 bits per heavy atom. The van der Waals surface area contributed by atoms with Crippen molar-refractivity contribution >= 4 is 33.4 Å². The van der Waals surface area contributed by atoms with E-state index in [2.05, 4.69) is 10.6 Å². The molecule has 0 atom stereocenters. The van der Waals surface area contributed by atoms with Crippen LogP contribution in [0.5, 0.6) is 5.75 Å². The molecule has 0 saturated heterocycles. The quantitative estimate of drug-likeness (QED) is 0.522. The molecule has 168 valence electrons. The Morgan fingerprint density at radius 3 is 2.10 bits per heavy atom. The number of rotatable bonds is 10. The molecule has 2 aromatic rings. The molecule has 2 aromatic carbocycles. The van der Waals surface area contributed by atoms with Gasteiger partial charge in [-0.2, -0.15) is 4.31 Å². The van der Waals surface area contributed by atoms with Gasteiger partial charge in [-0.3, -0.25) is 9.59 Å². The van der Waals surface area contributed by atoms with Gasteiger partial charge in [0.15, 0.2) is 0 Å². The van der Waals surface area contributed by atoms with Crippen LogP contribution in [-0.2, 0) is 10.0 Å². The number of sulfonamides is 1. The second-order valence-corrected chi connectivity index (χ2v) is 8.84. The fourth-order valence-corrected chi connectivity index (χ4v) is 4.50. The number of nitrogens with one attached hydrogen (secondary N) is 2. The molecule has 0 saturated carbocycles. The minimum Gasteiger partial charge on any atom is -0.496 e. The highest BCUT2D eigenvalue weighted by Gasteiger charge is 2.24. The van der Waals surface area contributed by atoms with Gasteiger partial charge in [0.1, 0.15) is 5.75 Å². The first kappa shape index (κ1) is 24.6. The summed E-state index contributed by atoms with van der Waals surface area (Å²) in [7, 11) is -2.32. The number of benzene rings is 2. The van der Waals surface area contributed by atoms with Gasteiger partial charge in [0.25, 0.3) is 11.8 Å². The van der Waals surface area contributed by atoms with Crippen molar-refractivity contribution in [1.29, 1.82) is 0 Å². The largest absolute Gasteiger partial charge is 0.496 e. The molecule has 0 fully saturated rings. The van der Waals surface area contributed by atoms with Crippen LogP contribution >= 0.6 is 11.6 Å². The molecule has 2 rings (SSSR count). The molecule has 0 aliphatic rings. The summed E-state index contributed by atoms with van der Waals surface area (Å²) in [6.45, 7) is 4.47. The lowest BCUT2D eigenvalue weighted by Gasteiger charge is -2.19. The van der Waals surface area contributed by atoms with Crippen molar-refractivity contribution in [2.45, 2.75) is 18.7 Å². The van der Waals surface area contributed by atoms with Crippen molar-refractivity contribution in [3.8, 4) is 5.75 Å². The Labute approximate surface area is 187 Å². The topological polar surface area (TPSA) is 105 Å². The fourth-order valence-electron chi connectivity index (χ4n) is 2.89. The molecule has 0 unspecified atom stereocenters. The molecule has 0 aliphatic carbocycles. The van der Waals surface area contributed by atoms with Gasteiger partial charge >= 0.3 is 0 Å². The van der Waals surface area contributed by atoms with E-state index >= 15 is 0 Å². The fraction of sp³-hybridized carbons (Fsp3) is 0.333. The SMILES string of the molecule is CCN(CC)S(=O)(=O)c1ccc(OC)c(C(=O)NCCNC(=O)c2ccc(Cl)cc2)c1. The second-order valence-electron chi connectivity index (χ2n) is 6.47. The van der Waals surface area contributed by atoms with Gasteiger partial charge in [0.05, 0.1) is 17.6 Å². The average molecular weight is 468 g/mol. The normalized spacial score (nSPS) is 11.3. The van der Waals surface area contributed by atoms with Crippen molar-refractivity contribution < 1.29 is 22.7 Å². The lowest BCUT2D eigenvalue weighted by atomic mass is 10.2. The van der Waals surface area contributed by atoms with Crippen LogP contribution in [0, 0.1) is 0 Å². The smallest absolute Gasteiger partial charge is 0.255 e. The van der Waals surface area contributed by atoms with E-state index in [1.807, 2.05) is 0 Å². The van der Waals surface area contributed by atoms with Crippen LogP contribution in [0.15, 0.2) is 47.4 Å². The summed E-state index contributed by atoms with van der Waals surface area (Å²) in [5.41, 5.74) is 0.548. The predicted molar refractivity (Wildman–Crippen MR) is 119 cm³/mol. The summed E-state index contributed by atoms with van der Waals surface area (Å²) in [6.07, 6.45) is 0. The third-order valence-corrected chi connectivity index (χ3v) is 6.86. The highest BCUT2D eigenvalue weighted by Crippen LogP contribution is 2.24. The number of halogens is 1. The van der Waals surface area contributed by atoms with Gasteiger partial charge in [-0.25, -0.2) is 8.42 Å². The Hall–Kier alpha value is -2.62. The third-order valence-electron chi connectivity index (χ3n) is 4.56. The van der Waals surface area contributed by atoms with Crippen LogP contribution in [0.4, 0.5) is 0 Å². The van der Waals surface area contributed by atoms with Crippen LogP contribution < -0.4 is 15.4 Å². The highest BCUT2D eigenvalue weighted by molar-refractivity contribution is 7.89. The predicted octanol–water partition coefficient (Wildman–Crippen LogP) is 2.54. The average Bonchev–Trinajstić information content (AvgIpc) is 2.77. The number of carbonyl (C=O) groups is 2. The molecule has 31 heavy (non-hydrogen) atoms. The monoisotopic (exact) mass is 467 g/mol. The molecular weight excluding hydrogens is 442 g/mol. The Kier molecular flexibility index (Phi) is 8.85. The van der Waals surface area contributed by atoms with E-state index in [1.54, 1.807) is 38.1 Å². The van der Waals surface area contributed by atoms with Gasteiger partial charge in [-0.05, 0) is 42.5 Å². The van der Waals surface area contributed by atoms with Gasteiger partial charge in [-0.1, -0.05) is 25.4 Å². The zero-order valence-corrected chi connectivity index (χ0v) is 19.2. The molecule has 0 bridgehead atoms. The first-order valence-corrected chi connectivity index (χ1v) is 11.6. The van der Waals surface area contributed by atoms with E-state index in [1.165, 1.54) is 29.6 Å². The molecule has 0 aromatic heterocycles. The van der Waals surface area contributed by atoms with E-state index in [0.717, 1.165) is 0 Å². The molecular formula is C21H26ClN3O5S. The van der Waals surface area contributed by atoms with Crippen LogP contribution in [0.2, 0.25) is 5.02 Å². The zero-order valence-electron chi connectivity index (χ0n) is 17.6. The number of nitrogens with zero attached hydrogens (tertiary/aromatic N) is 1. The van der Waals surface area contributed by atoms with Crippen molar-refractivity contribution in [1.82, 2.24) is 14.9 Å². The van der Waals surface area contributed by atoms with Crippen molar-refractivity contribution in [2.24, 2.45) is 0 Å². The number of carbonyl (C=O) groups excluding carboxylic acids is 2. The number of ether oxygens (including phenoxy) is 1. The molecule has 0 spiro atoms. The standard InChI is InChI=1S/C21H26ClN3O5S/c1-4-25(5-2)31(28,29)17-10-11-19(30-3)18(14-17)21(27)24-13-12-23-20(26)15-6-8-16(22)9-7-15/h6-11,14H,4-5,12-13H2,1-3H3,(H,23,26)(H,24,27). The molecule has 10 heteroatoms. The van der Waals surface area contributed by atoms with Gasteiger partial charge < -0.3 is 15.4 Å². The number of amides is 2. The van der Waals surface area contributed by atoms with E-state index < -0.39 is 15.9 Å². The summed E-state index contributed by atoms with van der Waals surface area (Å²) in [5.74, 6) is -0.550. The van der Waals surface area contributed by atoms with E-state index in [9.17, 15) is 18.0 Å². The maximum absolute atomic E-state index is 12.8. The van der Waals surface area contributed by atoms with Crippen molar-refractivity contribution in [3.05, 3.63) is 58.6 Å². The van der Waals surface area contributed by atoms with Crippen LogP contribution in [0.25, 0.3) is 0 Å². The summed E-state index contributed by atoms with van der Waals surface area (Å²) in [4.78, 5) is 24.7. The second kappa shape index (κ2) is 11.1. The van der Waals surface area contributed by atoms with Gasteiger partial charge in [-0.15, -0.1) is 0 Å². The van der Waals surface area contributed by atoms with Gasteiger partial charge in [0, 0.05) is 36.8 Å². The summed E-state index contributed by atoms with van der Waals surface area (Å²) in [6, 6.07) is 10.6. The maximum Gasteiger partial charge on any atom is 0.255 e. The van der Waals surface area contributed by atoms with Gasteiger partial charge in [0.2, 0.25) is 10.0 Å².